The van der Waals surface area contributed by atoms with Crippen molar-refractivity contribution in [1.82, 2.24) is 4.98 Å². The van der Waals surface area contributed by atoms with Gasteiger partial charge in [0, 0.05) is 18.3 Å². The van der Waals surface area contributed by atoms with Gasteiger partial charge >= 0.3 is 0 Å². The van der Waals surface area contributed by atoms with Crippen molar-refractivity contribution in [2.24, 2.45) is 0 Å². The molecule has 1 fully saturated rings. The third-order valence-corrected chi connectivity index (χ3v) is 5.20. The number of nitrogens with one attached hydrogen (secondary N) is 1. The van der Waals surface area contributed by atoms with Crippen LogP contribution in [0.2, 0.25) is 0 Å². The Labute approximate surface area is 134 Å². The van der Waals surface area contributed by atoms with E-state index in [1.54, 1.807) is 11.3 Å². The van der Waals surface area contributed by atoms with Crippen LogP contribution in [0.25, 0.3) is 20.8 Å². The summed E-state index contributed by atoms with van der Waals surface area (Å²) in [6, 6.07) is 14.6. The molecule has 22 heavy (non-hydrogen) atoms. The highest BCUT2D eigenvalue weighted by Gasteiger charge is 2.19. The van der Waals surface area contributed by atoms with Crippen molar-refractivity contribution in [2.75, 3.05) is 12.4 Å². The molecule has 0 atom stereocenters. The zero-order valence-electron chi connectivity index (χ0n) is 12.5. The first-order valence-electron chi connectivity index (χ1n) is 7.67. The minimum atomic E-state index is 0.416. The summed E-state index contributed by atoms with van der Waals surface area (Å²) >= 11 is 1.72. The molecule has 1 N–H and O–H groups in total. The summed E-state index contributed by atoms with van der Waals surface area (Å²) in [5, 5.41) is 4.19. The van der Waals surface area contributed by atoms with Crippen molar-refractivity contribution >= 4 is 27.2 Å². The van der Waals surface area contributed by atoms with E-state index in [1.165, 1.54) is 24.0 Å². The molecule has 0 spiro atoms. The number of hydrogen-bond acceptors (Lipinski definition) is 4. The fourth-order valence-electron chi connectivity index (χ4n) is 2.56. The van der Waals surface area contributed by atoms with E-state index in [0.717, 1.165) is 27.5 Å². The number of anilines is 1. The first kappa shape index (κ1) is 13.6. The molecule has 3 nitrogen and oxygen atoms in total. The summed E-state index contributed by atoms with van der Waals surface area (Å²) < 4.78 is 7.16. The van der Waals surface area contributed by atoms with Gasteiger partial charge in [-0.1, -0.05) is 0 Å². The number of hydrogen-bond donors (Lipinski definition) is 1. The van der Waals surface area contributed by atoms with Crippen LogP contribution in [0.4, 0.5) is 5.69 Å². The molecular weight excluding hydrogens is 292 g/mol. The second kappa shape index (κ2) is 5.61. The van der Waals surface area contributed by atoms with Crippen molar-refractivity contribution in [1.29, 1.82) is 0 Å². The minimum Gasteiger partial charge on any atom is -0.490 e. The number of benzene rings is 2. The predicted octanol–water partition coefficient (Wildman–Crippen LogP) is 4.94. The van der Waals surface area contributed by atoms with Gasteiger partial charge in [0.05, 0.1) is 16.3 Å². The molecule has 0 amide bonds. The Balaban J connectivity index is 1.63. The molecule has 0 bridgehead atoms. The second-order valence-electron chi connectivity index (χ2n) is 5.65. The van der Waals surface area contributed by atoms with Crippen LogP contribution in [0.15, 0.2) is 42.5 Å². The Bertz CT molecular complexity index is 790. The van der Waals surface area contributed by atoms with Crippen LogP contribution in [0.3, 0.4) is 0 Å². The fourth-order valence-corrected chi connectivity index (χ4v) is 3.56. The van der Waals surface area contributed by atoms with Crippen LogP contribution in [-0.4, -0.2) is 18.1 Å². The number of fused-ring (bicyclic) bond motifs is 1. The maximum absolute atomic E-state index is 5.97. The van der Waals surface area contributed by atoms with Gasteiger partial charge in [0.1, 0.15) is 10.8 Å². The lowest BCUT2D eigenvalue weighted by molar-refractivity contribution is 0.120. The predicted molar refractivity (Wildman–Crippen MR) is 92.9 cm³/mol. The SMILES string of the molecule is CNc1ccc(-c2nc3ccc(OC4CCC4)cc3s2)cc1. The number of thiazole rings is 1. The van der Waals surface area contributed by atoms with Gasteiger partial charge in [-0.2, -0.15) is 0 Å². The maximum atomic E-state index is 5.97. The average Bonchev–Trinajstić information content (AvgIpc) is 2.94. The molecule has 0 radical (unpaired) electrons. The minimum absolute atomic E-state index is 0.416. The van der Waals surface area contributed by atoms with Crippen molar-refractivity contribution < 1.29 is 4.74 Å². The van der Waals surface area contributed by atoms with E-state index in [2.05, 4.69) is 41.7 Å². The van der Waals surface area contributed by atoms with Crippen LogP contribution in [-0.2, 0) is 0 Å². The van der Waals surface area contributed by atoms with E-state index < -0.39 is 0 Å². The summed E-state index contributed by atoms with van der Waals surface area (Å²) in [7, 11) is 1.93. The van der Waals surface area contributed by atoms with Gasteiger partial charge in [0.2, 0.25) is 0 Å². The number of nitrogens with zero attached hydrogens (tertiary/aromatic N) is 1. The quantitative estimate of drug-likeness (QED) is 0.741. The summed E-state index contributed by atoms with van der Waals surface area (Å²) in [6.45, 7) is 0. The first-order chi connectivity index (χ1) is 10.8. The largest absolute Gasteiger partial charge is 0.490 e. The average molecular weight is 310 g/mol. The maximum Gasteiger partial charge on any atom is 0.124 e. The molecule has 4 heteroatoms. The van der Waals surface area contributed by atoms with E-state index in [4.69, 9.17) is 9.72 Å². The van der Waals surface area contributed by atoms with Gasteiger partial charge in [-0.15, -0.1) is 11.3 Å². The van der Waals surface area contributed by atoms with Gasteiger partial charge in [-0.25, -0.2) is 4.98 Å². The van der Waals surface area contributed by atoms with Gasteiger partial charge in [-0.05, 0) is 61.7 Å². The lowest BCUT2D eigenvalue weighted by Gasteiger charge is -2.26. The van der Waals surface area contributed by atoms with E-state index in [-0.39, 0.29) is 0 Å². The van der Waals surface area contributed by atoms with Crippen LogP contribution in [0.5, 0.6) is 5.75 Å². The summed E-state index contributed by atoms with van der Waals surface area (Å²) in [6.07, 6.45) is 4.08. The molecule has 112 valence electrons. The van der Waals surface area contributed by atoms with Gasteiger partial charge in [0.25, 0.3) is 0 Å². The monoisotopic (exact) mass is 310 g/mol. The Morgan fingerprint density at radius 3 is 2.64 bits per heavy atom. The lowest BCUT2D eigenvalue weighted by Crippen LogP contribution is -2.24. The van der Waals surface area contributed by atoms with Crippen LogP contribution in [0, 0.1) is 0 Å². The highest BCUT2D eigenvalue weighted by molar-refractivity contribution is 7.21. The van der Waals surface area contributed by atoms with E-state index in [0.29, 0.717) is 6.10 Å². The second-order valence-corrected chi connectivity index (χ2v) is 6.68. The number of ether oxygens (including phenoxy) is 1. The molecule has 0 saturated heterocycles. The van der Waals surface area contributed by atoms with Crippen molar-refractivity contribution in [3.63, 3.8) is 0 Å². The zero-order valence-corrected chi connectivity index (χ0v) is 13.3. The normalized spacial score (nSPS) is 14.8. The molecule has 1 aromatic heterocycles. The molecule has 2 aromatic carbocycles. The molecule has 0 aliphatic heterocycles. The Morgan fingerprint density at radius 2 is 1.95 bits per heavy atom. The summed E-state index contributed by atoms with van der Waals surface area (Å²) in [5.74, 6) is 0.970. The fraction of sp³-hybridized carbons (Fsp3) is 0.278. The molecule has 1 saturated carbocycles. The Kier molecular flexibility index (Phi) is 3.47. The highest BCUT2D eigenvalue weighted by atomic mass is 32.1. The smallest absolute Gasteiger partial charge is 0.124 e. The molecule has 1 aliphatic carbocycles. The van der Waals surface area contributed by atoms with Crippen LogP contribution in [0.1, 0.15) is 19.3 Å². The van der Waals surface area contributed by atoms with Gasteiger partial charge < -0.3 is 10.1 Å². The third-order valence-electron chi connectivity index (χ3n) is 4.14. The van der Waals surface area contributed by atoms with Crippen molar-refractivity contribution in [3.05, 3.63) is 42.5 Å². The first-order valence-corrected chi connectivity index (χ1v) is 8.49. The van der Waals surface area contributed by atoms with Crippen LogP contribution >= 0.6 is 11.3 Å². The Morgan fingerprint density at radius 1 is 1.14 bits per heavy atom. The van der Waals surface area contributed by atoms with Gasteiger partial charge in [-0.3, -0.25) is 0 Å². The van der Waals surface area contributed by atoms with Crippen LogP contribution < -0.4 is 10.1 Å². The molecule has 0 unspecified atom stereocenters. The summed E-state index contributed by atoms with van der Waals surface area (Å²) in [5.41, 5.74) is 3.31. The third kappa shape index (κ3) is 2.55. The topological polar surface area (TPSA) is 34.2 Å². The molecule has 1 aliphatic rings. The highest BCUT2D eigenvalue weighted by Crippen LogP contribution is 2.34. The number of rotatable bonds is 4. The standard InChI is InChI=1S/C18H18N2OS/c1-19-13-7-5-12(6-8-13)18-20-16-10-9-15(11-17(16)22-18)21-14-3-2-4-14/h5-11,14,19H,2-4H2,1H3. The molecule has 1 heterocycles. The van der Waals surface area contributed by atoms with Crippen molar-refractivity contribution in [2.45, 2.75) is 25.4 Å². The lowest BCUT2D eigenvalue weighted by atomic mass is 9.96. The van der Waals surface area contributed by atoms with E-state index in [9.17, 15) is 0 Å². The Hall–Kier alpha value is -2.07. The molecular formula is C18H18N2OS. The summed E-state index contributed by atoms with van der Waals surface area (Å²) in [4.78, 5) is 4.74. The van der Waals surface area contributed by atoms with Gasteiger partial charge in [0.15, 0.2) is 0 Å². The number of aromatic nitrogens is 1. The molecule has 4 rings (SSSR count). The van der Waals surface area contributed by atoms with Crippen molar-refractivity contribution in [3.8, 4) is 16.3 Å². The molecule has 3 aromatic rings. The van der Waals surface area contributed by atoms with E-state index in [1.807, 2.05) is 13.1 Å². The van der Waals surface area contributed by atoms with E-state index >= 15 is 0 Å². The zero-order chi connectivity index (χ0) is 14.9.